The maximum Gasteiger partial charge on any atom is 0.306 e. The summed E-state index contributed by atoms with van der Waals surface area (Å²) < 4.78 is 9.99. The number of carbonyl (C=O) groups is 2. The standard InChI is InChI=1S/2C19H30O3/c2*1-8-22-16(20)10-9-13-11-14(18(2,3)4)17(21)15(12-13)19(5,6)7/h2*11-12,21H,8-10H2,1-7H3. The van der Waals surface area contributed by atoms with Gasteiger partial charge in [0, 0.05) is 12.8 Å². The van der Waals surface area contributed by atoms with E-state index < -0.39 is 0 Å². The lowest BCUT2D eigenvalue weighted by Crippen LogP contribution is -2.18. The Labute approximate surface area is 267 Å². The van der Waals surface area contributed by atoms with Gasteiger partial charge < -0.3 is 19.7 Å². The Morgan fingerprint density at radius 2 is 0.750 bits per heavy atom. The number of esters is 2. The second-order valence-corrected chi connectivity index (χ2v) is 15.7. The highest BCUT2D eigenvalue weighted by atomic mass is 16.5. The quantitative estimate of drug-likeness (QED) is 0.289. The summed E-state index contributed by atoms with van der Waals surface area (Å²) in [6, 6.07) is 8.07. The van der Waals surface area contributed by atoms with Crippen LogP contribution < -0.4 is 0 Å². The number of phenols is 2. The molecule has 6 nitrogen and oxygen atoms in total. The third-order valence-electron chi connectivity index (χ3n) is 7.42. The fourth-order valence-electron chi connectivity index (χ4n) is 4.92. The van der Waals surface area contributed by atoms with E-state index >= 15 is 0 Å². The van der Waals surface area contributed by atoms with Crippen molar-refractivity contribution in [3.8, 4) is 11.5 Å². The predicted octanol–water partition coefficient (Wildman–Crippen LogP) is 8.97. The van der Waals surface area contributed by atoms with Gasteiger partial charge in [-0.1, -0.05) is 107 Å². The lowest BCUT2D eigenvalue weighted by atomic mass is 9.78. The lowest BCUT2D eigenvalue weighted by Gasteiger charge is -2.28. The first kappa shape index (κ1) is 39.0. The van der Waals surface area contributed by atoms with Gasteiger partial charge in [0.1, 0.15) is 11.5 Å². The van der Waals surface area contributed by atoms with Crippen molar-refractivity contribution >= 4 is 11.9 Å². The van der Waals surface area contributed by atoms with Crippen molar-refractivity contribution in [1.29, 1.82) is 0 Å². The molecule has 0 radical (unpaired) electrons. The van der Waals surface area contributed by atoms with Crippen molar-refractivity contribution in [1.82, 2.24) is 0 Å². The highest BCUT2D eigenvalue weighted by Crippen LogP contribution is 2.41. The zero-order valence-corrected chi connectivity index (χ0v) is 30.1. The molecule has 2 N–H and O–H groups in total. The van der Waals surface area contributed by atoms with Crippen LogP contribution in [0, 0.1) is 0 Å². The summed E-state index contributed by atoms with van der Waals surface area (Å²) in [6.07, 6.45) is 1.99. The van der Waals surface area contributed by atoms with E-state index in [0.29, 0.717) is 50.4 Å². The van der Waals surface area contributed by atoms with Gasteiger partial charge >= 0.3 is 11.9 Å². The van der Waals surface area contributed by atoms with Gasteiger partial charge in [-0.25, -0.2) is 0 Å². The summed E-state index contributed by atoms with van der Waals surface area (Å²) in [5.41, 5.74) is 5.26. The van der Waals surface area contributed by atoms with Crippen molar-refractivity contribution in [2.75, 3.05) is 13.2 Å². The lowest BCUT2D eigenvalue weighted by molar-refractivity contribution is -0.144. The number of hydrogen-bond donors (Lipinski definition) is 2. The molecule has 0 aliphatic rings. The molecular weight excluding hydrogens is 552 g/mol. The van der Waals surface area contributed by atoms with E-state index in [1.807, 2.05) is 38.1 Å². The SMILES string of the molecule is CCOC(=O)CCc1cc(C(C)(C)C)c(O)c(C(C)(C)C)c1.CCOC(=O)CCc1cc(C(C)(C)C)c(O)c(C(C)(C)C)c1. The zero-order valence-electron chi connectivity index (χ0n) is 30.1. The molecule has 0 amide bonds. The van der Waals surface area contributed by atoms with Crippen LogP contribution in [0.2, 0.25) is 0 Å². The number of ether oxygens (including phenoxy) is 2. The molecule has 0 fully saturated rings. The van der Waals surface area contributed by atoms with E-state index in [1.165, 1.54) is 0 Å². The van der Waals surface area contributed by atoms with Gasteiger partial charge in [-0.15, -0.1) is 0 Å². The molecule has 0 heterocycles. The smallest absolute Gasteiger partial charge is 0.306 e. The van der Waals surface area contributed by atoms with Crippen LogP contribution in [0.25, 0.3) is 0 Å². The topological polar surface area (TPSA) is 93.1 Å². The van der Waals surface area contributed by atoms with Crippen LogP contribution in [0.5, 0.6) is 11.5 Å². The number of phenolic OH excluding ortho intramolecular Hbond substituents is 2. The number of rotatable bonds is 8. The van der Waals surface area contributed by atoms with E-state index in [4.69, 9.17) is 9.47 Å². The van der Waals surface area contributed by atoms with Gasteiger partial charge in [0.25, 0.3) is 0 Å². The average molecular weight is 613 g/mol. The molecule has 0 saturated heterocycles. The number of aryl methyl sites for hydroxylation is 2. The Balaban J connectivity index is 0.000000440. The third kappa shape index (κ3) is 11.8. The minimum Gasteiger partial charge on any atom is -0.507 e. The van der Waals surface area contributed by atoms with Crippen LogP contribution in [-0.2, 0) is 53.6 Å². The van der Waals surface area contributed by atoms with Crippen molar-refractivity contribution in [3.05, 3.63) is 57.6 Å². The summed E-state index contributed by atoms with van der Waals surface area (Å²) in [7, 11) is 0. The molecule has 6 heteroatoms. The van der Waals surface area contributed by atoms with E-state index in [2.05, 4.69) is 83.1 Å². The summed E-state index contributed by atoms with van der Waals surface area (Å²) >= 11 is 0. The fourth-order valence-corrected chi connectivity index (χ4v) is 4.92. The zero-order chi connectivity index (χ0) is 34.3. The van der Waals surface area contributed by atoms with E-state index in [-0.39, 0.29) is 33.6 Å². The molecule has 0 aromatic heterocycles. The van der Waals surface area contributed by atoms with E-state index in [1.54, 1.807) is 0 Å². The molecule has 2 aromatic rings. The van der Waals surface area contributed by atoms with Gasteiger partial charge in [0.2, 0.25) is 0 Å². The van der Waals surface area contributed by atoms with E-state index in [9.17, 15) is 19.8 Å². The Hall–Kier alpha value is -3.02. The number of carbonyl (C=O) groups excluding carboxylic acids is 2. The summed E-state index contributed by atoms with van der Waals surface area (Å²) in [6.45, 7) is 29.5. The Bertz CT molecular complexity index is 1090. The molecule has 248 valence electrons. The predicted molar refractivity (Wildman–Crippen MR) is 181 cm³/mol. The molecular formula is C38H60O6. The first-order chi connectivity index (χ1) is 19.9. The summed E-state index contributed by atoms with van der Waals surface area (Å²) in [5, 5.41) is 21.3. The fraction of sp³-hybridized carbons (Fsp3) is 0.632. The van der Waals surface area contributed by atoms with E-state index in [0.717, 1.165) is 33.4 Å². The third-order valence-corrected chi connectivity index (χ3v) is 7.42. The van der Waals surface area contributed by atoms with Gasteiger partial charge in [-0.05, 0) is 81.7 Å². The molecule has 2 aromatic carbocycles. The van der Waals surface area contributed by atoms with Crippen molar-refractivity contribution in [3.63, 3.8) is 0 Å². The molecule has 0 bridgehead atoms. The second kappa shape index (κ2) is 15.3. The summed E-state index contributed by atoms with van der Waals surface area (Å²) in [5.74, 6) is 0.398. The minimum absolute atomic E-state index is 0.149. The van der Waals surface area contributed by atoms with Crippen molar-refractivity contribution in [2.24, 2.45) is 0 Å². The first-order valence-corrected chi connectivity index (χ1v) is 16.0. The molecule has 0 aliphatic heterocycles. The van der Waals surface area contributed by atoms with Gasteiger partial charge in [-0.3, -0.25) is 9.59 Å². The Morgan fingerprint density at radius 3 is 0.932 bits per heavy atom. The van der Waals surface area contributed by atoms with Crippen LogP contribution in [0.3, 0.4) is 0 Å². The number of aromatic hydroxyl groups is 2. The molecule has 0 aliphatic carbocycles. The Morgan fingerprint density at radius 1 is 0.523 bits per heavy atom. The normalized spacial score (nSPS) is 12.3. The van der Waals surface area contributed by atoms with Gasteiger partial charge in [-0.2, -0.15) is 0 Å². The van der Waals surface area contributed by atoms with Crippen LogP contribution >= 0.6 is 0 Å². The highest BCUT2D eigenvalue weighted by Gasteiger charge is 2.28. The summed E-state index contributed by atoms with van der Waals surface area (Å²) in [4.78, 5) is 23.2. The Kier molecular flexibility index (Phi) is 13.6. The molecule has 0 atom stereocenters. The monoisotopic (exact) mass is 612 g/mol. The largest absolute Gasteiger partial charge is 0.507 e. The van der Waals surface area contributed by atoms with Crippen LogP contribution in [0.4, 0.5) is 0 Å². The first-order valence-electron chi connectivity index (χ1n) is 16.0. The van der Waals surface area contributed by atoms with Gasteiger partial charge in [0.15, 0.2) is 0 Å². The molecule has 0 spiro atoms. The van der Waals surface area contributed by atoms with Crippen LogP contribution in [-0.4, -0.2) is 35.4 Å². The highest BCUT2D eigenvalue weighted by molar-refractivity contribution is 5.70. The van der Waals surface area contributed by atoms with Crippen LogP contribution in [0.15, 0.2) is 24.3 Å². The van der Waals surface area contributed by atoms with Crippen molar-refractivity contribution in [2.45, 2.75) is 144 Å². The molecule has 44 heavy (non-hydrogen) atoms. The molecule has 0 unspecified atom stereocenters. The average Bonchev–Trinajstić information content (AvgIpc) is 2.85. The van der Waals surface area contributed by atoms with Gasteiger partial charge in [0.05, 0.1) is 13.2 Å². The maximum absolute atomic E-state index is 11.6. The number of benzene rings is 2. The maximum atomic E-state index is 11.6. The molecule has 2 rings (SSSR count). The number of hydrogen-bond acceptors (Lipinski definition) is 6. The second-order valence-electron chi connectivity index (χ2n) is 15.7. The minimum atomic E-state index is -0.176. The van der Waals surface area contributed by atoms with Crippen LogP contribution in [0.1, 0.15) is 143 Å². The van der Waals surface area contributed by atoms with Crippen molar-refractivity contribution < 1.29 is 29.3 Å². The molecule has 0 saturated carbocycles.